The number of hydrogen-bond donors (Lipinski definition) is 0. The van der Waals surface area contributed by atoms with Crippen LogP contribution in [0.4, 0.5) is 0 Å². The third kappa shape index (κ3) is 5.83. The van der Waals surface area contributed by atoms with Gasteiger partial charge in [0, 0.05) is 37.6 Å². The molecule has 6 nitrogen and oxygen atoms in total. The zero-order valence-electron chi connectivity index (χ0n) is 20.2. The summed E-state index contributed by atoms with van der Waals surface area (Å²) in [4.78, 5) is 15.3. The minimum atomic E-state index is -0.0750. The lowest BCUT2D eigenvalue weighted by Gasteiger charge is -2.13. The van der Waals surface area contributed by atoms with Crippen molar-refractivity contribution in [3.8, 4) is 22.7 Å². The molecule has 0 atom stereocenters. The second-order valence-corrected chi connectivity index (χ2v) is 9.90. The molecule has 3 aromatic rings. The smallest absolute Gasteiger partial charge is 0.266 e. The van der Waals surface area contributed by atoms with Crippen molar-refractivity contribution in [2.24, 2.45) is 0 Å². The van der Waals surface area contributed by atoms with Gasteiger partial charge in [-0.15, -0.1) is 0 Å². The molecule has 2 aromatic carbocycles. The third-order valence-corrected chi connectivity index (χ3v) is 6.94. The molecule has 0 spiro atoms. The Bertz CT molecular complexity index is 1240. The first-order valence-corrected chi connectivity index (χ1v) is 12.9. The lowest BCUT2D eigenvalue weighted by molar-refractivity contribution is -0.122. The second kappa shape index (κ2) is 11.7. The van der Waals surface area contributed by atoms with Gasteiger partial charge in [0.25, 0.3) is 5.91 Å². The highest BCUT2D eigenvalue weighted by Crippen LogP contribution is 2.35. The first-order valence-electron chi connectivity index (χ1n) is 11.6. The molecule has 4 rings (SSSR count). The third-order valence-electron chi connectivity index (χ3n) is 5.56. The van der Waals surface area contributed by atoms with Crippen molar-refractivity contribution in [3.63, 3.8) is 0 Å². The van der Waals surface area contributed by atoms with Crippen molar-refractivity contribution in [2.45, 2.75) is 26.7 Å². The molecule has 182 valence electrons. The number of thioether (sulfide) groups is 1. The van der Waals surface area contributed by atoms with Gasteiger partial charge in [0.1, 0.15) is 15.8 Å². The number of nitrogens with zero attached hydrogens (tertiary/aromatic N) is 3. The van der Waals surface area contributed by atoms with Crippen molar-refractivity contribution in [1.82, 2.24) is 14.7 Å². The quantitative estimate of drug-likeness (QED) is 0.194. The van der Waals surface area contributed by atoms with E-state index in [9.17, 15) is 4.79 Å². The summed E-state index contributed by atoms with van der Waals surface area (Å²) in [5.74, 6) is 0.797. The molecule has 1 saturated heterocycles. The monoisotopic (exact) mass is 507 g/mol. The number of benzene rings is 2. The standard InChI is InChI=1S/C27H29N3O3S2/c1-4-14-33-23-12-11-20(16-19(23)2)25-21(18-30(28-25)22-9-6-5-7-10-22)17-24-26(31)29(27(34)35-24)13-8-15-32-3/h5-7,9-12,16-18H,4,8,13-15H2,1-3H3/b24-17+. The molecule has 0 aliphatic carbocycles. The molecular formula is C27H29N3O3S2. The van der Waals surface area contributed by atoms with Gasteiger partial charge < -0.3 is 9.47 Å². The van der Waals surface area contributed by atoms with Gasteiger partial charge in [-0.3, -0.25) is 9.69 Å². The molecule has 1 aliphatic rings. The summed E-state index contributed by atoms with van der Waals surface area (Å²) in [6, 6.07) is 16.0. The predicted molar refractivity (Wildman–Crippen MR) is 146 cm³/mol. The van der Waals surface area contributed by atoms with Gasteiger partial charge in [0.2, 0.25) is 0 Å². The van der Waals surface area contributed by atoms with Crippen LogP contribution in [0.1, 0.15) is 30.9 Å². The summed E-state index contributed by atoms with van der Waals surface area (Å²) in [6.07, 6.45) is 5.54. The van der Waals surface area contributed by atoms with Crippen molar-refractivity contribution < 1.29 is 14.3 Å². The molecule has 1 fully saturated rings. The zero-order chi connectivity index (χ0) is 24.8. The van der Waals surface area contributed by atoms with Gasteiger partial charge in [0.05, 0.1) is 17.2 Å². The fourth-order valence-corrected chi connectivity index (χ4v) is 5.10. The Balaban J connectivity index is 1.71. The number of ether oxygens (including phenoxy) is 2. The number of thiocarbonyl (C=S) groups is 1. The van der Waals surface area contributed by atoms with Gasteiger partial charge in [-0.05, 0) is 61.7 Å². The van der Waals surface area contributed by atoms with E-state index in [1.807, 2.05) is 66.3 Å². The van der Waals surface area contributed by atoms with E-state index in [-0.39, 0.29) is 5.91 Å². The maximum atomic E-state index is 13.1. The Labute approximate surface area is 215 Å². The van der Waals surface area contributed by atoms with E-state index in [2.05, 4.69) is 13.0 Å². The van der Waals surface area contributed by atoms with Crippen LogP contribution in [-0.4, -0.2) is 51.8 Å². The molecule has 1 aliphatic heterocycles. The Morgan fingerprint density at radius 3 is 2.66 bits per heavy atom. The van der Waals surface area contributed by atoms with Crippen LogP contribution < -0.4 is 4.74 Å². The average molecular weight is 508 g/mol. The van der Waals surface area contributed by atoms with Crippen molar-refractivity contribution in [2.75, 3.05) is 26.9 Å². The van der Waals surface area contributed by atoms with Crippen molar-refractivity contribution in [3.05, 3.63) is 70.8 Å². The number of methoxy groups -OCH3 is 1. The van der Waals surface area contributed by atoms with Crippen LogP contribution in [0, 0.1) is 6.92 Å². The predicted octanol–water partition coefficient (Wildman–Crippen LogP) is 5.87. The fraction of sp³-hybridized carbons (Fsp3) is 0.296. The molecular weight excluding hydrogens is 478 g/mol. The number of aryl methyl sites for hydroxylation is 1. The molecule has 0 saturated carbocycles. The van der Waals surface area contributed by atoms with Gasteiger partial charge >= 0.3 is 0 Å². The van der Waals surface area contributed by atoms with Crippen LogP contribution >= 0.6 is 24.0 Å². The van der Waals surface area contributed by atoms with Crippen LogP contribution in [0.5, 0.6) is 5.75 Å². The summed E-state index contributed by atoms with van der Waals surface area (Å²) in [7, 11) is 1.65. The molecule has 0 N–H and O–H groups in total. The van der Waals surface area contributed by atoms with E-state index in [4.69, 9.17) is 26.8 Å². The molecule has 0 unspecified atom stereocenters. The Kier molecular flexibility index (Phi) is 8.38. The Morgan fingerprint density at radius 2 is 1.94 bits per heavy atom. The fourth-order valence-electron chi connectivity index (χ4n) is 3.80. The first-order chi connectivity index (χ1) is 17.0. The van der Waals surface area contributed by atoms with Gasteiger partial charge in [-0.1, -0.05) is 49.1 Å². The van der Waals surface area contributed by atoms with E-state index in [1.165, 1.54) is 11.8 Å². The summed E-state index contributed by atoms with van der Waals surface area (Å²) in [6.45, 7) is 5.94. The molecule has 1 amide bonds. The summed E-state index contributed by atoms with van der Waals surface area (Å²) >= 11 is 6.82. The van der Waals surface area contributed by atoms with Crippen LogP contribution in [-0.2, 0) is 9.53 Å². The highest BCUT2D eigenvalue weighted by atomic mass is 32.2. The Hall–Kier alpha value is -2.94. The van der Waals surface area contributed by atoms with Gasteiger partial charge in [0.15, 0.2) is 0 Å². The van der Waals surface area contributed by atoms with Gasteiger partial charge in [-0.2, -0.15) is 5.10 Å². The van der Waals surface area contributed by atoms with E-state index >= 15 is 0 Å². The highest BCUT2D eigenvalue weighted by Gasteiger charge is 2.32. The van der Waals surface area contributed by atoms with Crippen LogP contribution in [0.15, 0.2) is 59.6 Å². The van der Waals surface area contributed by atoms with Crippen LogP contribution in [0.2, 0.25) is 0 Å². The Morgan fingerprint density at radius 1 is 1.14 bits per heavy atom. The molecule has 1 aromatic heterocycles. The lowest BCUT2D eigenvalue weighted by atomic mass is 10.0. The van der Waals surface area contributed by atoms with Crippen LogP contribution in [0.3, 0.4) is 0 Å². The topological polar surface area (TPSA) is 56.6 Å². The van der Waals surface area contributed by atoms with E-state index in [0.717, 1.165) is 46.7 Å². The largest absolute Gasteiger partial charge is 0.493 e. The summed E-state index contributed by atoms with van der Waals surface area (Å²) in [5.41, 5.74) is 4.60. The van der Waals surface area contributed by atoms with E-state index in [0.29, 0.717) is 29.0 Å². The zero-order valence-corrected chi connectivity index (χ0v) is 21.8. The van der Waals surface area contributed by atoms with Crippen molar-refractivity contribution >= 4 is 40.3 Å². The minimum absolute atomic E-state index is 0.0750. The average Bonchev–Trinajstić information content (AvgIpc) is 3.40. The van der Waals surface area contributed by atoms with E-state index < -0.39 is 0 Å². The maximum Gasteiger partial charge on any atom is 0.266 e. The van der Waals surface area contributed by atoms with Crippen LogP contribution in [0.25, 0.3) is 23.0 Å². The number of rotatable bonds is 10. The number of aromatic nitrogens is 2. The number of hydrogen-bond acceptors (Lipinski definition) is 6. The van der Waals surface area contributed by atoms with Gasteiger partial charge in [-0.25, -0.2) is 4.68 Å². The molecule has 2 heterocycles. The number of para-hydroxylation sites is 1. The number of carbonyl (C=O) groups excluding carboxylic acids is 1. The molecule has 8 heteroatoms. The number of amides is 1. The van der Waals surface area contributed by atoms with E-state index in [1.54, 1.807) is 12.0 Å². The molecule has 0 radical (unpaired) electrons. The molecule has 35 heavy (non-hydrogen) atoms. The SMILES string of the molecule is CCCOc1ccc(-c2nn(-c3ccccc3)cc2/C=C2/SC(=S)N(CCCOC)C2=O)cc1C. The summed E-state index contributed by atoms with van der Waals surface area (Å²) in [5, 5.41) is 4.90. The normalized spacial score (nSPS) is 14.8. The maximum absolute atomic E-state index is 13.1. The lowest BCUT2D eigenvalue weighted by Crippen LogP contribution is -2.29. The summed E-state index contributed by atoms with van der Waals surface area (Å²) < 4.78 is 13.4. The molecule has 0 bridgehead atoms. The number of carbonyl (C=O) groups is 1. The first kappa shape index (κ1) is 25.2. The minimum Gasteiger partial charge on any atom is -0.493 e. The second-order valence-electron chi connectivity index (χ2n) is 8.22. The highest BCUT2D eigenvalue weighted by molar-refractivity contribution is 8.26. The van der Waals surface area contributed by atoms with Crippen molar-refractivity contribution in [1.29, 1.82) is 0 Å².